The number of allylic oxidation sites excluding steroid dienone is 3. The Hall–Kier alpha value is -3.14. The van der Waals surface area contributed by atoms with Gasteiger partial charge in [0.05, 0.1) is 11.4 Å². The van der Waals surface area contributed by atoms with Crippen molar-refractivity contribution in [2.45, 2.75) is 32.6 Å². The van der Waals surface area contributed by atoms with Crippen LogP contribution in [0.3, 0.4) is 0 Å². The molecule has 4 nitrogen and oxygen atoms in total. The summed E-state index contributed by atoms with van der Waals surface area (Å²) in [5.74, 6) is -0.429. The van der Waals surface area contributed by atoms with Crippen LogP contribution in [0.25, 0.3) is 0 Å². The zero-order chi connectivity index (χ0) is 20.0. The van der Waals surface area contributed by atoms with Crippen LogP contribution >= 0.6 is 0 Å². The maximum atomic E-state index is 13.7. The molecular weight excluding hydrogens is 348 g/mol. The first-order valence-corrected chi connectivity index (χ1v) is 9.70. The molecular formula is C24H26N2O2. The number of nitrogens with zero attached hydrogens (tertiary/aromatic N) is 2. The van der Waals surface area contributed by atoms with Gasteiger partial charge in [-0.3, -0.25) is 9.59 Å². The summed E-state index contributed by atoms with van der Waals surface area (Å²) < 4.78 is 0. The molecule has 2 aromatic carbocycles. The first kappa shape index (κ1) is 19.6. The van der Waals surface area contributed by atoms with Gasteiger partial charge >= 0.3 is 0 Å². The van der Waals surface area contributed by atoms with Crippen molar-refractivity contribution in [2.75, 3.05) is 10.0 Å². The van der Waals surface area contributed by atoms with Gasteiger partial charge in [0.25, 0.3) is 11.8 Å². The van der Waals surface area contributed by atoms with E-state index in [1.165, 1.54) is 10.0 Å². The number of hydrogen-bond acceptors (Lipinski definition) is 2. The minimum absolute atomic E-state index is 0.214. The molecule has 0 atom stereocenters. The predicted octanol–water partition coefficient (Wildman–Crippen LogP) is 5.29. The van der Waals surface area contributed by atoms with E-state index in [0.29, 0.717) is 24.2 Å². The zero-order valence-corrected chi connectivity index (χ0v) is 16.3. The molecule has 3 rings (SSSR count). The normalized spacial score (nSPS) is 16.2. The molecule has 28 heavy (non-hydrogen) atoms. The van der Waals surface area contributed by atoms with Crippen molar-refractivity contribution in [1.82, 2.24) is 0 Å². The smallest absolute Gasteiger partial charge is 0.262 e. The van der Waals surface area contributed by atoms with Crippen LogP contribution in [0.5, 0.6) is 0 Å². The quantitative estimate of drug-likeness (QED) is 0.465. The first-order chi connectivity index (χ1) is 13.7. The molecule has 2 aromatic rings. The molecule has 1 saturated heterocycles. The van der Waals surface area contributed by atoms with E-state index in [0.717, 1.165) is 12.8 Å². The summed E-state index contributed by atoms with van der Waals surface area (Å²) in [6, 6.07) is 18.6. The number of hydrogen-bond donors (Lipinski definition) is 0. The van der Waals surface area contributed by atoms with E-state index >= 15 is 0 Å². The summed E-state index contributed by atoms with van der Waals surface area (Å²) in [5.41, 5.74) is 0.180. The van der Waals surface area contributed by atoms with Crippen LogP contribution in [0.15, 0.2) is 85.5 Å². The molecule has 0 aromatic heterocycles. The average molecular weight is 374 g/mol. The van der Waals surface area contributed by atoms with Gasteiger partial charge in [0, 0.05) is 0 Å². The number of benzene rings is 2. The Morgan fingerprint density at radius 1 is 0.821 bits per heavy atom. The van der Waals surface area contributed by atoms with Gasteiger partial charge in [0.1, 0.15) is 5.41 Å². The van der Waals surface area contributed by atoms with Gasteiger partial charge in [-0.15, -0.1) is 6.58 Å². The Morgan fingerprint density at radius 3 is 1.75 bits per heavy atom. The van der Waals surface area contributed by atoms with E-state index in [2.05, 4.69) is 13.5 Å². The Morgan fingerprint density at radius 2 is 1.32 bits per heavy atom. The topological polar surface area (TPSA) is 40.6 Å². The highest BCUT2D eigenvalue weighted by Crippen LogP contribution is 2.43. The number of unbranched alkanes of at least 4 members (excludes halogenated alkanes) is 1. The van der Waals surface area contributed by atoms with Crippen LogP contribution in [-0.4, -0.2) is 11.8 Å². The van der Waals surface area contributed by atoms with Gasteiger partial charge in [-0.25, -0.2) is 10.0 Å². The molecule has 0 radical (unpaired) electrons. The molecule has 0 saturated carbocycles. The lowest BCUT2D eigenvalue weighted by molar-refractivity contribution is -0.134. The molecule has 1 aliphatic rings. The highest BCUT2D eigenvalue weighted by Gasteiger charge is 2.57. The molecule has 0 aliphatic carbocycles. The first-order valence-electron chi connectivity index (χ1n) is 9.70. The van der Waals surface area contributed by atoms with Crippen LogP contribution in [0.4, 0.5) is 11.4 Å². The van der Waals surface area contributed by atoms with Crippen molar-refractivity contribution in [3.05, 3.63) is 85.5 Å². The highest BCUT2D eigenvalue weighted by molar-refractivity contribution is 6.26. The van der Waals surface area contributed by atoms with Crippen molar-refractivity contribution in [3.8, 4) is 0 Å². The van der Waals surface area contributed by atoms with Crippen LogP contribution in [-0.2, 0) is 9.59 Å². The maximum Gasteiger partial charge on any atom is 0.262 e. The van der Waals surface area contributed by atoms with Gasteiger partial charge in [-0.1, -0.05) is 68.0 Å². The van der Waals surface area contributed by atoms with Crippen molar-refractivity contribution >= 4 is 23.2 Å². The summed E-state index contributed by atoms with van der Waals surface area (Å²) >= 11 is 0. The van der Waals surface area contributed by atoms with Crippen LogP contribution in [0, 0.1) is 5.41 Å². The van der Waals surface area contributed by atoms with E-state index in [4.69, 9.17) is 0 Å². The number of amides is 2. The predicted molar refractivity (Wildman–Crippen MR) is 114 cm³/mol. The minimum atomic E-state index is -1.17. The van der Waals surface area contributed by atoms with Crippen molar-refractivity contribution in [1.29, 1.82) is 0 Å². The minimum Gasteiger partial charge on any atom is -0.271 e. The molecule has 1 aliphatic heterocycles. The molecule has 0 bridgehead atoms. The number of rotatable bonds is 8. The Kier molecular flexibility index (Phi) is 6.09. The Balaban J connectivity index is 2.10. The van der Waals surface area contributed by atoms with E-state index in [1.807, 2.05) is 72.8 Å². The lowest BCUT2D eigenvalue weighted by Crippen LogP contribution is -2.41. The molecule has 1 fully saturated rings. The van der Waals surface area contributed by atoms with Gasteiger partial charge in [-0.2, -0.15) is 0 Å². The molecule has 1 heterocycles. The maximum absolute atomic E-state index is 13.7. The summed E-state index contributed by atoms with van der Waals surface area (Å²) in [6.45, 7) is 5.91. The summed E-state index contributed by atoms with van der Waals surface area (Å²) in [4.78, 5) is 27.3. The van der Waals surface area contributed by atoms with Crippen molar-refractivity contribution in [2.24, 2.45) is 5.41 Å². The van der Waals surface area contributed by atoms with Gasteiger partial charge < -0.3 is 0 Å². The molecule has 0 N–H and O–H groups in total. The Labute approximate surface area is 166 Å². The second-order valence-electron chi connectivity index (χ2n) is 6.94. The lowest BCUT2D eigenvalue weighted by Gasteiger charge is -2.27. The molecule has 4 heteroatoms. The largest absolute Gasteiger partial charge is 0.271 e. The van der Waals surface area contributed by atoms with Gasteiger partial charge in [0.2, 0.25) is 0 Å². The van der Waals surface area contributed by atoms with Gasteiger partial charge in [0.15, 0.2) is 0 Å². The average Bonchev–Trinajstić information content (AvgIpc) is 2.95. The van der Waals surface area contributed by atoms with Crippen LogP contribution in [0.1, 0.15) is 32.6 Å². The third kappa shape index (κ3) is 3.50. The SMILES string of the molecule is C=CCC1(C/C=C/CCC)C(=O)N(c2ccccc2)N(c2ccccc2)C1=O. The van der Waals surface area contributed by atoms with E-state index in [9.17, 15) is 9.59 Å². The van der Waals surface area contributed by atoms with Gasteiger partial charge in [-0.05, 0) is 43.5 Å². The highest BCUT2D eigenvalue weighted by atomic mass is 16.2. The zero-order valence-electron chi connectivity index (χ0n) is 16.3. The summed E-state index contributed by atoms with van der Waals surface area (Å²) in [6.07, 6.45) is 8.29. The fourth-order valence-electron chi connectivity index (χ4n) is 3.53. The summed E-state index contributed by atoms with van der Waals surface area (Å²) in [7, 11) is 0. The second-order valence-corrected chi connectivity index (χ2v) is 6.94. The van der Waals surface area contributed by atoms with E-state index in [1.54, 1.807) is 6.08 Å². The fraction of sp³-hybridized carbons (Fsp3) is 0.250. The molecule has 0 unspecified atom stereocenters. The number of carbonyl (C=O) groups excluding carboxylic acids is 2. The number of para-hydroxylation sites is 2. The second kappa shape index (κ2) is 8.70. The van der Waals surface area contributed by atoms with Crippen molar-refractivity contribution < 1.29 is 9.59 Å². The number of carbonyl (C=O) groups is 2. The third-order valence-corrected chi connectivity index (χ3v) is 4.99. The monoisotopic (exact) mass is 374 g/mol. The fourth-order valence-corrected chi connectivity index (χ4v) is 3.53. The third-order valence-electron chi connectivity index (χ3n) is 4.99. The molecule has 0 spiro atoms. The van der Waals surface area contributed by atoms with E-state index < -0.39 is 5.41 Å². The molecule has 2 amide bonds. The number of anilines is 2. The Bertz CT molecular complexity index is 801. The van der Waals surface area contributed by atoms with Crippen LogP contribution in [0.2, 0.25) is 0 Å². The molecule has 144 valence electrons. The van der Waals surface area contributed by atoms with E-state index in [-0.39, 0.29) is 11.8 Å². The number of hydrazine groups is 1. The summed E-state index contributed by atoms with van der Waals surface area (Å²) in [5, 5.41) is 3.02. The van der Waals surface area contributed by atoms with Crippen molar-refractivity contribution in [3.63, 3.8) is 0 Å². The standard InChI is InChI=1S/C24H26N2O2/c1-3-5-6-13-19-24(18-4-2)22(27)25(20-14-9-7-10-15-20)26(23(24)28)21-16-11-8-12-17-21/h4,6-17H,2-3,5,18-19H2,1H3/b13-6+. The lowest BCUT2D eigenvalue weighted by atomic mass is 9.80. The van der Waals surface area contributed by atoms with Crippen LogP contribution < -0.4 is 10.0 Å².